The van der Waals surface area contributed by atoms with Crippen molar-refractivity contribution in [2.45, 2.75) is 129 Å². The van der Waals surface area contributed by atoms with Gasteiger partial charge in [0.15, 0.2) is 5.78 Å². The molecule has 0 aromatic carbocycles. The summed E-state index contributed by atoms with van der Waals surface area (Å²) in [4.78, 5) is 24.5. The predicted molar refractivity (Wildman–Crippen MR) is 129 cm³/mol. The zero-order valence-electron chi connectivity index (χ0n) is 20.7. The van der Waals surface area contributed by atoms with Gasteiger partial charge in [0, 0.05) is 18.3 Å². The van der Waals surface area contributed by atoms with Crippen LogP contribution in [0.3, 0.4) is 0 Å². The fraction of sp³-hybridized carbons (Fsp3) is 0.862. The standard InChI is InChI=1S/C29H46O3/c1-3-4-5-6-7-8-9-10-11-28(31)32-27-17-16-26-25-14-12-21-20-22(30)13-15-23(21)24(25)18-19-29(26,27)2/h20,23-27H,3-19H2,1-2H3/t23-,24+,25+,26-,27-,29-/m0/s1. The monoisotopic (exact) mass is 442 g/mol. The Kier molecular flexibility index (Phi) is 8.16. The molecule has 4 aliphatic rings. The van der Waals surface area contributed by atoms with Crippen LogP contribution in [0.4, 0.5) is 0 Å². The molecule has 0 aromatic heterocycles. The molecular formula is C29H46O3. The molecule has 4 rings (SSSR count). The van der Waals surface area contributed by atoms with E-state index in [1.165, 1.54) is 69.8 Å². The minimum absolute atomic E-state index is 0.0460. The number of ether oxygens (including phenoxy) is 1. The Morgan fingerprint density at radius 2 is 1.69 bits per heavy atom. The van der Waals surface area contributed by atoms with E-state index in [9.17, 15) is 9.59 Å². The maximum Gasteiger partial charge on any atom is 0.306 e. The van der Waals surface area contributed by atoms with Gasteiger partial charge in [-0.3, -0.25) is 9.59 Å². The highest BCUT2D eigenvalue weighted by Crippen LogP contribution is 2.62. The van der Waals surface area contributed by atoms with Gasteiger partial charge in [0.2, 0.25) is 0 Å². The summed E-state index contributed by atoms with van der Waals surface area (Å²) in [5.74, 6) is 3.26. The Hall–Kier alpha value is -1.12. The SMILES string of the molecule is CCCCCCCCCCC(=O)O[C@H]1CC[C@H]2[C@@H]3CCC4=CC(=O)CC[C@@H]4[C@H]3CC[C@]12C. The Morgan fingerprint density at radius 3 is 2.47 bits per heavy atom. The number of allylic oxidation sites excluding steroid dienone is 1. The zero-order chi connectivity index (χ0) is 22.6. The highest BCUT2D eigenvalue weighted by atomic mass is 16.5. The summed E-state index contributed by atoms with van der Waals surface area (Å²) >= 11 is 0. The number of hydrogen-bond donors (Lipinski definition) is 0. The predicted octanol–water partition coefficient (Wildman–Crippen LogP) is 7.57. The van der Waals surface area contributed by atoms with Gasteiger partial charge in [-0.15, -0.1) is 0 Å². The van der Waals surface area contributed by atoms with Crippen molar-refractivity contribution in [1.29, 1.82) is 0 Å². The quantitative estimate of drug-likeness (QED) is 0.259. The second-order valence-corrected chi connectivity index (χ2v) is 11.6. The average molecular weight is 443 g/mol. The van der Waals surface area contributed by atoms with Gasteiger partial charge in [0.1, 0.15) is 6.10 Å². The normalized spacial score (nSPS) is 36.1. The molecule has 3 fully saturated rings. The molecule has 0 saturated heterocycles. The van der Waals surface area contributed by atoms with Gasteiger partial charge in [-0.05, 0) is 81.1 Å². The van der Waals surface area contributed by atoms with Crippen molar-refractivity contribution in [2.75, 3.05) is 0 Å². The smallest absolute Gasteiger partial charge is 0.306 e. The maximum atomic E-state index is 12.6. The first-order chi connectivity index (χ1) is 15.5. The van der Waals surface area contributed by atoms with Gasteiger partial charge in [-0.1, -0.05) is 64.4 Å². The first-order valence-electron chi connectivity index (χ1n) is 14.0. The van der Waals surface area contributed by atoms with E-state index in [0.29, 0.717) is 24.0 Å². The van der Waals surface area contributed by atoms with Crippen LogP contribution in [-0.2, 0) is 14.3 Å². The number of carbonyl (C=O) groups is 2. The number of ketones is 1. The summed E-state index contributed by atoms with van der Waals surface area (Å²) in [6, 6.07) is 0. The molecular weight excluding hydrogens is 396 g/mol. The van der Waals surface area contributed by atoms with Crippen molar-refractivity contribution < 1.29 is 14.3 Å². The van der Waals surface area contributed by atoms with Crippen LogP contribution in [0.15, 0.2) is 11.6 Å². The third kappa shape index (κ3) is 5.17. The van der Waals surface area contributed by atoms with E-state index in [2.05, 4.69) is 13.8 Å². The van der Waals surface area contributed by atoms with E-state index in [1.54, 1.807) is 0 Å². The second-order valence-electron chi connectivity index (χ2n) is 11.6. The molecule has 0 heterocycles. The third-order valence-corrected chi connectivity index (χ3v) is 9.72. The highest BCUT2D eigenvalue weighted by molar-refractivity contribution is 5.91. The Bertz CT molecular complexity index is 695. The zero-order valence-corrected chi connectivity index (χ0v) is 20.7. The summed E-state index contributed by atoms with van der Waals surface area (Å²) in [5, 5.41) is 0. The van der Waals surface area contributed by atoms with Crippen molar-refractivity contribution in [3.8, 4) is 0 Å². The fourth-order valence-corrected chi connectivity index (χ4v) is 7.95. The molecule has 0 unspecified atom stereocenters. The summed E-state index contributed by atoms with van der Waals surface area (Å²) in [5.41, 5.74) is 1.62. The molecule has 32 heavy (non-hydrogen) atoms. The Balaban J connectivity index is 1.24. The molecule has 0 aliphatic heterocycles. The number of unbranched alkanes of at least 4 members (excludes halogenated alkanes) is 7. The van der Waals surface area contributed by atoms with Crippen molar-refractivity contribution in [3.63, 3.8) is 0 Å². The number of rotatable bonds is 10. The molecule has 0 N–H and O–H groups in total. The van der Waals surface area contributed by atoms with Crippen molar-refractivity contribution >= 4 is 11.8 Å². The van der Waals surface area contributed by atoms with Gasteiger partial charge in [0.05, 0.1) is 0 Å². The van der Waals surface area contributed by atoms with Crippen LogP contribution >= 0.6 is 0 Å². The number of fused-ring (bicyclic) bond motifs is 5. The molecule has 4 aliphatic carbocycles. The van der Waals surface area contributed by atoms with E-state index in [0.717, 1.165) is 50.4 Å². The summed E-state index contributed by atoms with van der Waals surface area (Å²) in [6.45, 7) is 4.68. The van der Waals surface area contributed by atoms with Crippen molar-refractivity contribution in [2.24, 2.45) is 29.1 Å². The molecule has 0 bridgehead atoms. The Morgan fingerprint density at radius 1 is 0.938 bits per heavy atom. The van der Waals surface area contributed by atoms with E-state index in [4.69, 9.17) is 4.74 Å². The molecule has 180 valence electrons. The number of carbonyl (C=O) groups excluding carboxylic acids is 2. The van der Waals surface area contributed by atoms with Crippen LogP contribution in [0, 0.1) is 29.1 Å². The van der Waals surface area contributed by atoms with Crippen LogP contribution < -0.4 is 0 Å². The molecule has 3 nitrogen and oxygen atoms in total. The van der Waals surface area contributed by atoms with Crippen LogP contribution in [-0.4, -0.2) is 17.9 Å². The van der Waals surface area contributed by atoms with Gasteiger partial charge >= 0.3 is 5.97 Å². The second kappa shape index (κ2) is 10.9. The lowest BCUT2D eigenvalue weighted by Gasteiger charge is -2.53. The maximum absolute atomic E-state index is 12.6. The van der Waals surface area contributed by atoms with Crippen LogP contribution in [0.1, 0.15) is 123 Å². The van der Waals surface area contributed by atoms with E-state index in [-0.39, 0.29) is 17.5 Å². The lowest BCUT2D eigenvalue weighted by molar-refractivity contribution is -0.159. The van der Waals surface area contributed by atoms with E-state index in [1.807, 2.05) is 6.08 Å². The van der Waals surface area contributed by atoms with Gasteiger partial charge in [-0.2, -0.15) is 0 Å². The minimum Gasteiger partial charge on any atom is -0.462 e. The van der Waals surface area contributed by atoms with E-state index >= 15 is 0 Å². The average Bonchev–Trinajstić information content (AvgIpc) is 3.11. The summed E-state index contributed by atoms with van der Waals surface area (Å²) in [7, 11) is 0. The van der Waals surface area contributed by atoms with Gasteiger partial charge in [-0.25, -0.2) is 0 Å². The Labute approximate surface area is 196 Å². The third-order valence-electron chi connectivity index (χ3n) is 9.72. The first-order valence-corrected chi connectivity index (χ1v) is 14.0. The van der Waals surface area contributed by atoms with Crippen molar-refractivity contribution in [3.05, 3.63) is 11.6 Å². The molecule has 0 spiro atoms. The molecule has 3 heteroatoms. The van der Waals surface area contributed by atoms with Gasteiger partial charge in [0.25, 0.3) is 0 Å². The van der Waals surface area contributed by atoms with Crippen LogP contribution in [0.25, 0.3) is 0 Å². The van der Waals surface area contributed by atoms with Crippen LogP contribution in [0.2, 0.25) is 0 Å². The summed E-state index contributed by atoms with van der Waals surface area (Å²) in [6.07, 6.45) is 21.7. The molecule has 0 radical (unpaired) electrons. The lowest BCUT2D eigenvalue weighted by Crippen LogP contribution is -2.48. The lowest BCUT2D eigenvalue weighted by atomic mass is 9.52. The van der Waals surface area contributed by atoms with Crippen molar-refractivity contribution in [1.82, 2.24) is 0 Å². The fourth-order valence-electron chi connectivity index (χ4n) is 7.95. The molecule has 3 saturated carbocycles. The van der Waals surface area contributed by atoms with E-state index < -0.39 is 0 Å². The first kappa shape index (κ1) is 24.0. The topological polar surface area (TPSA) is 43.4 Å². The van der Waals surface area contributed by atoms with Crippen LogP contribution in [0.5, 0.6) is 0 Å². The molecule has 0 amide bonds. The highest BCUT2D eigenvalue weighted by Gasteiger charge is 2.57. The largest absolute Gasteiger partial charge is 0.462 e. The number of hydrogen-bond acceptors (Lipinski definition) is 3. The van der Waals surface area contributed by atoms with Gasteiger partial charge < -0.3 is 4.74 Å². The molecule has 0 aromatic rings. The minimum atomic E-state index is 0.0460. The molecule has 6 atom stereocenters. The summed E-state index contributed by atoms with van der Waals surface area (Å²) < 4.78 is 6.15. The number of esters is 1.